The second-order valence-corrected chi connectivity index (χ2v) is 5.49. The zero-order chi connectivity index (χ0) is 9.69. The van der Waals surface area contributed by atoms with Crippen LogP contribution in [0, 0.1) is 10.8 Å². The average molecular weight is 182 g/mol. The van der Waals surface area contributed by atoms with Crippen LogP contribution in [-0.4, -0.2) is 37.0 Å². The Labute approximate surface area is 79.5 Å². The highest BCUT2D eigenvalue weighted by Crippen LogP contribution is 2.34. The van der Waals surface area contributed by atoms with Crippen LogP contribution in [0.25, 0.3) is 0 Å². The molecule has 1 amide bonds. The second-order valence-electron chi connectivity index (χ2n) is 5.49. The molecule has 1 N–H and O–H groups in total. The lowest BCUT2D eigenvalue weighted by molar-refractivity contribution is -0.154. The monoisotopic (exact) mass is 182 g/mol. The van der Waals surface area contributed by atoms with E-state index < -0.39 is 0 Å². The summed E-state index contributed by atoms with van der Waals surface area (Å²) in [5.41, 5.74) is 0.250. The van der Waals surface area contributed by atoms with E-state index in [1.807, 2.05) is 4.90 Å². The van der Waals surface area contributed by atoms with Crippen molar-refractivity contribution in [1.29, 1.82) is 0 Å². The van der Waals surface area contributed by atoms with Crippen LogP contribution in [-0.2, 0) is 4.79 Å². The number of hydrogen-bond acceptors (Lipinski definition) is 2. The van der Waals surface area contributed by atoms with Crippen molar-refractivity contribution >= 4 is 5.91 Å². The zero-order valence-corrected chi connectivity index (χ0v) is 8.68. The molecule has 0 radical (unpaired) electrons. The molecule has 3 nitrogen and oxygen atoms in total. The summed E-state index contributed by atoms with van der Waals surface area (Å²) in [6.07, 6.45) is 0. The number of likely N-dealkylation sites (tertiary alicyclic amines) is 1. The lowest BCUT2D eigenvalue weighted by atomic mass is 9.78. The molecule has 0 bridgehead atoms. The molecule has 74 valence electrons. The highest BCUT2D eigenvalue weighted by atomic mass is 16.2. The summed E-state index contributed by atoms with van der Waals surface area (Å²) >= 11 is 0. The summed E-state index contributed by atoms with van der Waals surface area (Å²) in [7, 11) is 0. The van der Waals surface area contributed by atoms with Gasteiger partial charge in [-0.05, 0) is 12.3 Å². The van der Waals surface area contributed by atoms with Crippen molar-refractivity contribution in [2.45, 2.75) is 20.8 Å². The van der Waals surface area contributed by atoms with Gasteiger partial charge in [-0.15, -0.1) is 0 Å². The molecule has 0 unspecified atom stereocenters. The van der Waals surface area contributed by atoms with Gasteiger partial charge < -0.3 is 10.2 Å². The molecule has 0 aromatic rings. The summed E-state index contributed by atoms with van der Waals surface area (Å²) in [5, 5.41) is 3.16. The first-order valence-electron chi connectivity index (χ1n) is 4.93. The topological polar surface area (TPSA) is 32.3 Å². The van der Waals surface area contributed by atoms with E-state index in [0.29, 0.717) is 11.3 Å². The van der Waals surface area contributed by atoms with E-state index in [4.69, 9.17) is 0 Å². The van der Waals surface area contributed by atoms with Gasteiger partial charge in [0.25, 0.3) is 0 Å². The molecule has 2 saturated heterocycles. The number of nitrogens with one attached hydrogen (secondary N) is 1. The van der Waals surface area contributed by atoms with Gasteiger partial charge in [0.2, 0.25) is 5.91 Å². The molecule has 13 heavy (non-hydrogen) atoms. The van der Waals surface area contributed by atoms with Gasteiger partial charge >= 0.3 is 0 Å². The fourth-order valence-electron chi connectivity index (χ4n) is 2.16. The van der Waals surface area contributed by atoms with Crippen LogP contribution in [0.1, 0.15) is 20.8 Å². The second kappa shape index (κ2) is 2.47. The first-order valence-corrected chi connectivity index (χ1v) is 4.93. The normalized spacial score (nSPS) is 29.0. The molecule has 0 aromatic carbocycles. The van der Waals surface area contributed by atoms with Crippen LogP contribution in [0.2, 0.25) is 0 Å². The number of carbonyl (C=O) groups excluding carboxylic acids is 1. The summed E-state index contributed by atoms with van der Waals surface area (Å²) in [6.45, 7) is 10.0. The summed E-state index contributed by atoms with van der Waals surface area (Å²) in [6, 6.07) is 0. The maximum absolute atomic E-state index is 11.9. The predicted octanol–water partition coefficient (Wildman–Crippen LogP) is 0.464. The molecule has 2 aliphatic heterocycles. The standard InChI is InChI=1S/C10H18N2O/c1-9(2)6-12(7-9)8(13)10(3)4-11-5-10/h11H,4-7H2,1-3H3. The molecule has 0 spiro atoms. The molecule has 2 heterocycles. The van der Waals surface area contributed by atoms with Crippen molar-refractivity contribution < 1.29 is 4.79 Å². The van der Waals surface area contributed by atoms with Crippen LogP contribution in [0.15, 0.2) is 0 Å². The van der Waals surface area contributed by atoms with Gasteiger partial charge in [0, 0.05) is 26.2 Å². The van der Waals surface area contributed by atoms with Crippen molar-refractivity contribution in [1.82, 2.24) is 10.2 Å². The molecule has 2 aliphatic rings. The van der Waals surface area contributed by atoms with E-state index in [1.54, 1.807) is 0 Å². The summed E-state index contributed by atoms with van der Waals surface area (Å²) in [4.78, 5) is 13.9. The fourth-order valence-corrected chi connectivity index (χ4v) is 2.16. The Morgan fingerprint density at radius 1 is 1.23 bits per heavy atom. The molecule has 0 atom stereocenters. The number of nitrogens with zero attached hydrogens (tertiary/aromatic N) is 1. The molecule has 3 heteroatoms. The number of rotatable bonds is 1. The van der Waals surface area contributed by atoms with E-state index in [0.717, 1.165) is 26.2 Å². The Morgan fingerprint density at radius 3 is 2.08 bits per heavy atom. The third-order valence-electron chi connectivity index (χ3n) is 3.07. The minimum atomic E-state index is -0.101. The predicted molar refractivity (Wildman–Crippen MR) is 51.3 cm³/mol. The Kier molecular flexibility index (Phi) is 1.71. The molecule has 0 saturated carbocycles. The molecule has 0 aliphatic carbocycles. The van der Waals surface area contributed by atoms with Crippen LogP contribution in [0.4, 0.5) is 0 Å². The lowest BCUT2D eigenvalue weighted by Crippen LogP contribution is -2.66. The quantitative estimate of drug-likeness (QED) is 0.639. The van der Waals surface area contributed by atoms with Gasteiger partial charge in [-0.1, -0.05) is 13.8 Å². The average Bonchev–Trinajstić information content (AvgIpc) is 1.94. The van der Waals surface area contributed by atoms with Crippen LogP contribution < -0.4 is 5.32 Å². The van der Waals surface area contributed by atoms with E-state index in [2.05, 4.69) is 26.1 Å². The van der Waals surface area contributed by atoms with Gasteiger partial charge in [0.15, 0.2) is 0 Å². The first kappa shape index (κ1) is 9.00. The highest BCUT2D eigenvalue weighted by molar-refractivity contribution is 5.84. The molecule has 2 fully saturated rings. The van der Waals surface area contributed by atoms with Crippen molar-refractivity contribution in [2.24, 2.45) is 10.8 Å². The summed E-state index contributed by atoms with van der Waals surface area (Å²) < 4.78 is 0. The van der Waals surface area contributed by atoms with Crippen molar-refractivity contribution in [3.8, 4) is 0 Å². The van der Waals surface area contributed by atoms with Gasteiger partial charge in [0.1, 0.15) is 0 Å². The lowest BCUT2D eigenvalue weighted by Gasteiger charge is -2.51. The zero-order valence-electron chi connectivity index (χ0n) is 8.68. The maximum atomic E-state index is 11.9. The van der Waals surface area contributed by atoms with Crippen molar-refractivity contribution in [2.75, 3.05) is 26.2 Å². The smallest absolute Gasteiger partial charge is 0.231 e. The third-order valence-corrected chi connectivity index (χ3v) is 3.07. The van der Waals surface area contributed by atoms with E-state index in [1.165, 1.54) is 0 Å². The van der Waals surface area contributed by atoms with Gasteiger partial charge in [-0.2, -0.15) is 0 Å². The number of amides is 1. The van der Waals surface area contributed by atoms with Crippen LogP contribution in [0.5, 0.6) is 0 Å². The van der Waals surface area contributed by atoms with Crippen molar-refractivity contribution in [3.63, 3.8) is 0 Å². The minimum absolute atomic E-state index is 0.101. The Bertz CT molecular complexity index is 235. The van der Waals surface area contributed by atoms with E-state index in [-0.39, 0.29) is 5.41 Å². The number of hydrogen-bond donors (Lipinski definition) is 1. The van der Waals surface area contributed by atoms with Gasteiger partial charge in [0.05, 0.1) is 5.41 Å². The first-order chi connectivity index (χ1) is 5.93. The molecule has 0 aromatic heterocycles. The fraction of sp³-hybridized carbons (Fsp3) is 0.900. The summed E-state index contributed by atoms with van der Waals surface area (Å²) in [5.74, 6) is 0.338. The highest BCUT2D eigenvalue weighted by Gasteiger charge is 2.47. The molecule has 2 rings (SSSR count). The third kappa shape index (κ3) is 1.35. The maximum Gasteiger partial charge on any atom is 0.231 e. The van der Waals surface area contributed by atoms with Gasteiger partial charge in [-0.25, -0.2) is 0 Å². The van der Waals surface area contributed by atoms with Crippen LogP contribution in [0.3, 0.4) is 0 Å². The number of carbonyl (C=O) groups is 1. The van der Waals surface area contributed by atoms with Crippen LogP contribution >= 0.6 is 0 Å². The Hall–Kier alpha value is -0.570. The Balaban J connectivity index is 1.93. The largest absolute Gasteiger partial charge is 0.341 e. The molecular weight excluding hydrogens is 164 g/mol. The minimum Gasteiger partial charge on any atom is -0.341 e. The van der Waals surface area contributed by atoms with E-state index in [9.17, 15) is 4.79 Å². The Morgan fingerprint density at radius 2 is 1.77 bits per heavy atom. The van der Waals surface area contributed by atoms with Crippen molar-refractivity contribution in [3.05, 3.63) is 0 Å². The van der Waals surface area contributed by atoms with E-state index >= 15 is 0 Å². The SMILES string of the molecule is CC1(C)CN(C(=O)C2(C)CNC2)C1. The van der Waals surface area contributed by atoms with Gasteiger partial charge in [-0.3, -0.25) is 4.79 Å². The molecular formula is C10H18N2O.